The number of rotatable bonds is 4. The monoisotopic (exact) mass is 282 g/mol. The second-order valence-corrected chi connectivity index (χ2v) is 5.31. The lowest BCUT2D eigenvalue weighted by atomic mass is 9.92. The van der Waals surface area contributed by atoms with Gasteiger partial charge in [-0.05, 0) is 25.0 Å². The molecular formula is C14H19ClN2O2. The number of halogens is 1. The number of methoxy groups -OCH3 is 1. The van der Waals surface area contributed by atoms with Gasteiger partial charge in [0.25, 0.3) is 0 Å². The lowest BCUT2D eigenvalue weighted by molar-refractivity contribution is -0.122. The van der Waals surface area contributed by atoms with Crippen molar-refractivity contribution in [3.63, 3.8) is 0 Å². The molecule has 0 spiro atoms. The minimum absolute atomic E-state index is 0.0104. The van der Waals surface area contributed by atoms with E-state index in [1.165, 1.54) is 6.42 Å². The van der Waals surface area contributed by atoms with Crippen LogP contribution in [0.4, 0.5) is 0 Å². The van der Waals surface area contributed by atoms with Crippen molar-refractivity contribution >= 4 is 17.5 Å². The first-order valence-electron chi connectivity index (χ1n) is 6.61. The average molecular weight is 283 g/mol. The van der Waals surface area contributed by atoms with Gasteiger partial charge in [-0.1, -0.05) is 24.4 Å². The zero-order valence-corrected chi connectivity index (χ0v) is 11.8. The minimum atomic E-state index is -0.0104. The van der Waals surface area contributed by atoms with Crippen LogP contribution in [0.5, 0.6) is 0 Å². The Kier molecular flexibility index (Phi) is 5.16. The smallest absolute Gasteiger partial charge is 0.226 e. The molecule has 0 unspecified atom stereocenters. The zero-order valence-electron chi connectivity index (χ0n) is 11.1. The number of aromatic nitrogens is 1. The standard InChI is InChI=1S/C14H19ClN2O2/c1-19-13-5-3-2-4-12(13)17-14(18)8-11-7-6-10(15)9-16-11/h6-7,9,12-13H,2-5,8H2,1H3,(H,17,18)/t12-,13-/m0/s1. The molecule has 2 rings (SSSR count). The van der Waals surface area contributed by atoms with E-state index in [1.54, 1.807) is 25.4 Å². The van der Waals surface area contributed by atoms with E-state index in [-0.39, 0.29) is 24.5 Å². The molecule has 0 bridgehead atoms. The fourth-order valence-electron chi connectivity index (χ4n) is 2.48. The maximum atomic E-state index is 12.0. The number of carbonyl (C=O) groups excluding carboxylic acids is 1. The SMILES string of the molecule is CO[C@H]1CCCC[C@@H]1NC(=O)Cc1ccc(Cl)cn1. The van der Waals surface area contributed by atoms with Gasteiger partial charge < -0.3 is 10.1 Å². The number of nitrogens with zero attached hydrogens (tertiary/aromatic N) is 1. The fourth-order valence-corrected chi connectivity index (χ4v) is 2.59. The summed E-state index contributed by atoms with van der Waals surface area (Å²) in [5.74, 6) is -0.0104. The highest BCUT2D eigenvalue weighted by atomic mass is 35.5. The Morgan fingerprint density at radius 1 is 1.47 bits per heavy atom. The van der Waals surface area contributed by atoms with E-state index >= 15 is 0 Å². The predicted octanol–water partition coefficient (Wildman–Crippen LogP) is 2.35. The molecule has 1 aliphatic carbocycles. The van der Waals surface area contributed by atoms with Gasteiger partial charge >= 0.3 is 0 Å². The molecule has 4 nitrogen and oxygen atoms in total. The lowest BCUT2D eigenvalue weighted by Crippen LogP contribution is -2.46. The van der Waals surface area contributed by atoms with Crippen molar-refractivity contribution in [1.82, 2.24) is 10.3 Å². The quantitative estimate of drug-likeness (QED) is 0.922. The number of nitrogens with one attached hydrogen (secondary N) is 1. The number of hydrogen-bond donors (Lipinski definition) is 1. The molecule has 1 amide bonds. The molecule has 1 saturated carbocycles. The van der Waals surface area contributed by atoms with Crippen molar-refractivity contribution in [3.05, 3.63) is 29.0 Å². The molecule has 0 radical (unpaired) electrons. The van der Waals surface area contributed by atoms with E-state index in [4.69, 9.17) is 16.3 Å². The van der Waals surface area contributed by atoms with Crippen molar-refractivity contribution < 1.29 is 9.53 Å². The van der Waals surface area contributed by atoms with Crippen LogP contribution in [0.3, 0.4) is 0 Å². The number of carbonyl (C=O) groups is 1. The summed E-state index contributed by atoms with van der Waals surface area (Å²) >= 11 is 5.76. The van der Waals surface area contributed by atoms with E-state index < -0.39 is 0 Å². The van der Waals surface area contributed by atoms with E-state index in [1.807, 2.05) is 0 Å². The maximum Gasteiger partial charge on any atom is 0.226 e. The topological polar surface area (TPSA) is 51.2 Å². The Hall–Kier alpha value is -1.13. The Bertz CT molecular complexity index is 422. The summed E-state index contributed by atoms with van der Waals surface area (Å²) in [6.07, 6.45) is 6.29. The summed E-state index contributed by atoms with van der Waals surface area (Å²) in [6, 6.07) is 3.64. The Morgan fingerprint density at radius 3 is 2.95 bits per heavy atom. The van der Waals surface area contributed by atoms with Gasteiger partial charge in [0.05, 0.1) is 23.6 Å². The zero-order chi connectivity index (χ0) is 13.7. The van der Waals surface area contributed by atoms with E-state index in [0.29, 0.717) is 5.02 Å². The first-order valence-corrected chi connectivity index (χ1v) is 6.99. The largest absolute Gasteiger partial charge is 0.379 e. The van der Waals surface area contributed by atoms with Crippen LogP contribution in [0.15, 0.2) is 18.3 Å². The van der Waals surface area contributed by atoms with Gasteiger partial charge in [0.15, 0.2) is 0 Å². The van der Waals surface area contributed by atoms with Gasteiger partial charge in [-0.25, -0.2) is 0 Å². The third kappa shape index (κ3) is 4.18. The molecule has 104 valence electrons. The third-order valence-corrected chi connectivity index (χ3v) is 3.71. The van der Waals surface area contributed by atoms with Gasteiger partial charge in [-0.3, -0.25) is 9.78 Å². The first kappa shape index (κ1) is 14.3. The highest BCUT2D eigenvalue weighted by Gasteiger charge is 2.26. The molecule has 19 heavy (non-hydrogen) atoms. The summed E-state index contributed by atoms with van der Waals surface area (Å²) in [5.41, 5.74) is 0.728. The molecule has 1 heterocycles. The molecule has 1 aliphatic rings. The Balaban J connectivity index is 1.88. The van der Waals surface area contributed by atoms with Crippen LogP contribution in [0.2, 0.25) is 5.02 Å². The van der Waals surface area contributed by atoms with Gasteiger partial charge in [0.2, 0.25) is 5.91 Å². The van der Waals surface area contributed by atoms with E-state index in [9.17, 15) is 4.79 Å². The first-order chi connectivity index (χ1) is 9.19. The molecule has 0 saturated heterocycles. The molecule has 1 aromatic heterocycles. The van der Waals surface area contributed by atoms with Gasteiger partial charge in [0, 0.05) is 19.0 Å². The highest BCUT2D eigenvalue weighted by Crippen LogP contribution is 2.20. The summed E-state index contributed by atoms with van der Waals surface area (Å²) in [7, 11) is 1.70. The van der Waals surface area contributed by atoms with Crippen LogP contribution < -0.4 is 5.32 Å². The predicted molar refractivity (Wildman–Crippen MR) is 74.1 cm³/mol. The second kappa shape index (κ2) is 6.87. The van der Waals surface area contributed by atoms with Gasteiger partial charge in [-0.15, -0.1) is 0 Å². The number of amides is 1. The normalized spacial score (nSPS) is 23.1. The molecule has 1 fully saturated rings. The van der Waals surface area contributed by atoms with Crippen molar-refractivity contribution in [1.29, 1.82) is 0 Å². The number of pyridine rings is 1. The van der Waals surface area contributed by atoms with E-state index in [0.717, 1.165) is 25.0 Å². The molecule has 0 aromatic carbocycles. The average Bonchev–Trinajstić information content (AvgIpc) is 2.42. The van der Waals surface area contributed by atoms with Crippen molar-refractivity contribution in [2.75, 3.05) is 7.11 Å². The van der Waals surface area contributed by atoms with Crippen molar-refractivity contribution in [3.8, 4) is 0 Å². The van der Waals surface area contributed by atoms with Crippen molar-refractivity contribution in [2.45, 2.75) is 44.2 Å². The van der Waals surface area contributed by atoms with Gasteiger partial charge in [-0.2, -0.15) is 0 Å². The summed E-state index contributed by atoms with van der Waals surface area (Å²) in [5, 5.41) is 3.63. The molecule has 0 aliphatic heterocycles. The second-order valence-electron chi connectivity index (χ2n) is 4.88. The molecule has 5 heteroatoms. The van der Waals surface area contributed by atoms with Crippen LogP contribution >= 0.6 is 11.6 Å². The van der Waals surface area contributed by atoms with Gasteiger partial charge in [0.1, 0.15) is 0 Å². The van der Waals surface area contributed by atoms with E-state index in [2.05, 4.69) is 10.3 Å². The van der Waals surface area contributed by atoms with Crippen LogP contribution in [0, 0.1) is 0 Å². The molecule has 1 N–H and O–H groups in total. The van der Waals surface area contributed by atoms with Crippen LogP contribution in [0.25, 0.3) is 0 Å². The lowest BCUT2D eigenvalue weighted by Gasteiger charge is -2.31. The fraction of sp³-hybridized carbons (Fsp3) is 0.571. The Labute approximate surface area is 118 Å². The third-order valence-electron chi connectivity index (χ3n) is 3.48. The number of ether oxygens (including phenoxy) is 1. The molecule has 1 aromatic rings. The molecular weight excluding hydrogens is 264 g/mol. The summed E-state index contributed by atoms with van der Waals surface area (Å²) in [4.78, 5) is 16.1. The highest BCUT2D eigenvalue weighted by molar-refractivity contribution is 6.30. The minimum Gasteiger partial charge on any atom is -0.379 e. The van der Waals surface area contributed by atoms with Crippen LogP contribution in [-0.4, -0.2) is 30.1 Å². The Morgan fingerprint density at radius 2 is 2.26 bits per heavy atom. The van der Waals surface area contributed by atoms with Crippen molar-refractivity contribution in [2.24, 2.45) is 0 Å². The number of hydrogen-bond acceptors (Lipinski definition) is 3. The van der Waals surface area contributed by atoms with Crippen LogP contribution in [0.1, 0.15) is 31.4 Å². The van der Waals surface area contributed by atoms with Crippen LogP contribution in [-0.2, 0) is 16.0 Å². The maximum absolute atomic E-state index is 12.0. The summed E-state index contributed by atoms with van der Waals surface area (Å²) in [6.45, 7) is 0. The summed E-state index contributed by atoms with van der Waals surface area (Å²) < 4.78 is 5.42. The molecule has 2 atom stereocenters.